The normalized spacial score (nSPS) is 23.1. The molecule has 8 nitrogen and oxygen atoms in total. The van der Waals surface area contributed by atoms with E-state index in [2.05, 4.69) is 5.32 Å². The smallest absolute Gasteiger partial charge is 0.409 e. The molecular weight excluding hydrogens is 312 g/mol. The van der Waals surface area contributed by atoms with E-state index in [1.807, 2.05) is 27.7 Å². The van der Waals surface area contributed by atoms with Gasteiger partial charge in [0.05, 0.1) is 19.8 Å². The van der Waals surface area contributed by atoms with E-state index in [0.29, 0.717) is 13.1 Å². The molecule has 0 aromatic heterocycles. The second kappa shape index (κ2) is 9.80. The van der Waals surface area contributed by atoms with Gasteiger partial charge >= 0.3 is 12.1 Å². The number of carbonyl (C=O) groups is 2. The van der Waals surface area contributed by atoms with Gasteiger partial charge in [0.1, 0.15) is 6.04 Å². The van der Waals surface area contributed by atoms with E-state index in [9.17, 15) is 9.59 Å². The maximum Gasteiger partial charge on any atom is 0.409 e. The van der Waals surface area contributed by atoms with Crippen LogP contribution in [0.4, 0.5) is 4.79 Å². The van der Waals surface area contributed by atoms with E-state index in [0.717, 1.165) is 0 Å². The van der Waals surface area contributed by atoms with Crippen molar-refractivity contribution in [2.24, 2.45) is 23.3 Å². The van der Waals surface area contributed by atoms with Crippen LogP contribution in [0.1, 0.15) is 27.7 Å². The van der Waals surface area contributed by atoms with Gasteiger partial charge in [0.25, 0.3) is 0 Å². The summed E-state index contributed by atoms with van der Waals surface area (Å²) in [5.41, 5.74) is 11.5. The largest absolute Gasteiger partial charge is 0.464 e. The maximum atomic E-state index is 12.1. The molecule has 3 unspecified atom stereocenters. The molecule has 1 aliphatic heterocycles. The van der Waals surface area contributed by atoms with E-state index in [1.165, 1.54) is 4.90 Å². The van der Waals surface area contributed by atoms with E-state index in [-0.39, 0.29) is 49.6 Å². The van der Waals surface area contributed by atoms with Gasteiger partial charge in [0.2, 0.25) is 0 Å². The van der Waals surface area contributed by atoms with Crippen molar-refractivity contribution >= 4 is 12.1 Å². The summed E-state index contributed by atoms with van der Waals surface area (Å²) in [5, 5.41) is 3.06. The van der Waals surface area contributed by atoms with Gasteiger partial charge < -0.3 is 31.2 Å². The predicted octanol–water partition coefficient (Wildman–Crippen LogP) is -0.0934. The van der Waals surface area contributed by atoms with Crippen LogP contribution in [0.3, 0.4) is 0 Å². The van der Waals surface area contributed by atoms with Crippen LogP contribution < -0.4 is 16.8 Å². The monoisotopic (exact) mass is 344 g/mol. The first kappa shape index (κ1) is 20.7. The number of nitrogens with zero attached hydrogens (tertiary/aromatic N) is 1. The van der Waals surface area contributed by atoms with E-state index in [1.54, 1.807) is 0 Å². The summed E-state index contributed by atoms with van der Waals surface area (Å²) in [6.45, 7) is 9.37. The number of esters is 1. The van der Waals surface area contributed by atoms with Crippen LogP contribution in [0.15, 0.2) is 0 Å². The van der Waals surface area contributed by atoms with Crippen LogP contribution in [-0.4, -0.2) is 67.9 Å². The molecule has 5 N–H and O–H groups in total. The molecule has 1 heterocycles. The summed E-state index contributed by atoms with van der Waals surface area (Å²) in [7, 11) is 0. The van der Waals surface area contributed by atoms with Crippen molar-refractivity contribution in [2.75, 3.05) is 32.8 Å². The third-order valence-electron chi connectivity index (χ3n) is 4.47. The summed E-state index contributed by atoms with van der Waals surface area (Å²) in [6, 6.07) is -0.636. The molecule has 5 atom stereocenters. The Balaban J connectivity index is 2.42. The molecule has 0 spiro atoms. The standard InChI is InChI=1S/C16H32N4O4/c1-10(12(3)17)8-23-15(21)14-7-20(6-5-19-14)16(22)24-9-11(2)13(4)18/h10-14,19H,5-9,17-18H2,1-4H3/t10-,11-,12?,13?,14?/m1/s1. The number of rotatable bonds is 7. The molecule has 0 saturated carbocycles. The minimum absolute atomic E-state index is 0.0458. The topological polar surface area (TPSA) is 120 Å². The summed E-state index contributed by atoms with van der Waals surface area (Å²) in [5.74, 6) is -0.209. The second-order valence-electron chi connectivity index (χ2n) is 6.83. The summed E-state index contributed by atoms with van der Waals surface area (Å²) in [6.07, 6.45) is -0.425. The summed E-state index contributed by atoms with van der Waals surface area (Å²) >= 11 is 0. The molecule has 1 fully saturated rings. The molecule has 0 aromatic carbocycles. The van der Waals surface area contributed by atoms with Crippen molar-refractivity contribution in [2.45, 2.75) is 45.8 Å². The van der Waals surface area contributed by atoms with Gasteiger partial charge in [-0.05, 0) is 13.8 Å². The first-order valence-electron chi connectivity index (χ1n) is 8.55. The fourth-order valence-corrected chi connectivity index (χ4v) is 1.99. The molecule has 1 rings (SSSR count). The molecule has 0 radical (unpaired) electrons. The highest BCUT2D eigenvalue weighted by Crippen LogP contribution is 2.08. The number of hydrogen-bond acceptors (Lipinski definition) is 7. The quantitative estimate of drug-likeness (QED) is 0.552. The van der Waals surface area contributed by atoms with Crippen LogP contribution in [-0.2, 0) is 14.3 Å². The number of piperazine rings is 1. The van der Waals surface area contributed by atoms with E-state index >= 15 is 0 Å². The van der Waals surface area contributed by atoms with Gasteiger partial charge in [-0.15, -0.1) is 0 Å². The van der Waals surface area contributed by atoms with Gasteiger partial charge in [-0.1, -0.05) is 13.8 Å². The SMILES string of the molecule is CC(N)[C@H](C)COC(=O)C1CN(C(=O)OC[C@@H](C)C(C)N)CCN1. The number of carbonyl (C=O) groups excluding carboxylic acids is 2. The predicted molar refractivity (Wildman–Crippen MR) is 91.3 cm³/mol. The van der Waals surface area contributed by atoms with Crippen molar-refractivity contribution in [3.63, 3.8) is 0 Å². The Morgan fingerprint density at radius 1 is 1.08 bits per heavy atom. The van der Waals surface area contributed by atoms with Crippen LogP contribution in [0.2, 0.25) is 0 Å². The van der Waals surface area contributed by atoms with Crippen molar-refractivity contribution in [3.05, 3.63) is 0 Å². The summed E-state index contributed by atoms with van der Waals surface area (Å²) in [4.78, 5) is 25.8. The molecule has 1 saturated heterocycles. The van der Waals surface area contributed by atoms with Crippen LogP contribution in [0.5, 0.6) is 0 Å². The highest BCUT2D eigenvalue weighted by Gasteiger charge is 2.30. The molecule has 1 amide bonds. The molecule has 0 aromatic rings. The molecule has 8 heteroatoms. The first-order chi connectivity index (χ1) is 11.2. The minimum atomic E-state index is -0.544. The highest BCUT2D eigenvalue weighted by molar-refractivity contribution is 5.77. The van der Waals surface area contributed by atoms with Gasteiger partial charge in [0.15, 0.2) is 0 Å². The third-order valence-corrected chi connectivity index (χ3v) is 4.47. The van der Waals surface area contributed by atoms with Gasteiger partial charge in [-0.25, -0.2) is 4.79 Å². The van der Waals surface area contributed by atoms with Crippen molar-refractivity contribution < 1.29 is 19.1 Å². The zero-order valence-corrected chi connectivity index (χ0v) is 15.2. The van der Waals surface area contributed by atoms with Crippen molar-refractivity contribution in [1.29, 1.82) is 0 Å². The Morgan fingerprint density at radius 2 is 1.62 bits per heavy atom. The minimum Gasteiger partial charge on any atom is -0.464 e. The second-order valence-corrected chi connectivity index (χ2v) is 6.83. The first-order valence-corrected chi connectivity index (χ1v) is 8.55. The lowest BCUT2D eigenvalue weighted by atomic mass is 10.1. The molecule has 140 valence electrons. The number of ether oxygens (including phenoxy) is 2. The van der Waals surface area contributed by atoms with E-state index < -0.39 is 12.1 Å². The van der Waals surface area contributed by atoms with Crippen molar-refractivity contribution in [3.8, 4) is 0 Å². The average Bonchev–Trinajstić information content (AvgIpc) is 2.56. The lowest BCUT2D eigenvalue weighted by molar-refractivity contribution is -0.148. The summed E-state index contributed by atoms with van der Waals surface area (Å²) < 4.78 is 10.6. The Labute approximate surface area is 144 Å². The molecule has 24 heavy (non-hydrogen) atoms. The van der Waals surface area contributed by atoms with Gasteiger partial charge in [0, 0.05) is 37.0 Å². The van der Waals surface area contributed by atoms with Crippen LogP contribution in [0.25, 0.3) is 0 Å². The Hall–Kier alpha value is -1.38. The van der Waals surface area contributed by atoms with Gasteiger partial charge in [-0.3, -0.25) is 4.79 Å². The highest BCUT2D eigenvalue weighted by atomic mass is 16.6. The molecule has 1 aliphatic rings. The van der Waals surface area contributed by atoms with Crippen LogP contribution >= 0.6 is 0 Å². The average molecular weight is 344 g/mol. The molecule has 0 aliphatic carbocycles. The van der Waals surface area contributed by atoms with E-state index in [4.69, 9.17) is 20.9 Å². The van der Waals surface area contributed by atoms with Gasteiger partial charge in [-0.2, -0.15) is 0 Å². The Kier molecular flexibility index (Phi) is 8.44. The number of amides is 1. The third kappa shape index (κ3) is 6.62. The number of nitrogens with one attached hydrogen (secondary N) is 1. The van der Waals surface area contributed by atoms with Crippen LogP contribution in [0, 0.1) is 11.8 Å². The number of hydrogen-bond donors (Lipinski definition) is 3. The zero-order chi connectivity index (χ0) is 18.3. The number of nitrogens with two attached hydrogens (primary N) is 2. The molecule has 0 bridgehead atoms. The fourth-order valence-electron chi connectivity index (χ4n) is 1.99. The van der Waals surface area contributed by atoms with Crippen molar-refractivity contribution in [1.82, 2.24) is 10.2 Å². The lowest BCUT2D eigenvalue weighted by Gasteiger charge is -2.32. The maximum absolute atomic E-state index is 12.1. The Bertz CT molecular complexity index is 381. The lowest BCUT2D eigenvalue weighted by Crippen LogP contribution is -2.56. The zero-order valence-electron chi connectivity index (χ0n) is 15.2. The Morgan fingerprint density at radius 3 is 2.17 bits per heavy atom. The molecular formula is C16H32N4O4. The fraction of sp³-hybridized carbons (Fsp3) is 0.875.